The number of nitrogens with two attached hydrogens (primary N) is 1. The van der Waals surface area contributed by atoms with Gasteiger partial charge in [0.15, 0.2) is 0 Å². The second kappa shape index (κ2) is 8.98. The molecule has 1 aromatic carbocycles. The number of aliphatic hydroxyl groups excluding tert-OH is 1. The molecule has 0 saturated heterocycles. The number of benzene rings is 1. The van der Waals surface area contributed by atoms with Gasteiger partial charge in [0.2, 0.25) is 0 Å². The summed E-state index contributed by atoms with van der Waals surface area (Å²) in [6.45, 7) is 5.94. The van der Waals surface area contributed by atoms with Crippen LogP contribution in [0.5, 0.6) is 0 Å². The van der Waals surface area contributed by atoms with Gasteiger partial charge in [-0.3, -0.25) is 0 Å². The standard InChI is InChI=1S/C23H34N2O/c1-3-16(14-25-15-22(24)26)21(4-2)23(17-8-6-5-7-9-17)19-11-10-18-12-20(18)13-19/h5-11,13,16,18,20-23,25-26H,3-4,12,14-15,24H2,1-2H3/t16?,18?,20?,21-,22?,23?/m1/s1. The zero-order chi connectivity index (χ0) is 18.5. The van der Waals surface area contributed by atoms with E-state index < -0.39 is 6.23 Å². The molecule has 3 rings (SSSR count). The topological polar surface area (TPSA) is 58.3 Å². The fraction of sp³-hybridized carbons (Fsp3) is 0.565. The van der Waals surface area contributed by atoms with E-state index in [4.69, 9.17) is 5.73 Å². The molecule has 0 heterocycles. The largest absolute Gasteiger partial charge is 0.377 e. The minimum atomic E-state index is -0.784. The van der Waals surface area contributed by atoms with E-state index in [1.807, 2.05) is 0 Å². The lowest BCUT2D eigenvalue weighted by molar-refractivity contribution is 0.172. The van der Waals surface area contributed by atoms with E-state index >= 15 is 0 Å². The van der Waals surface area contributed by atoms with E-state index in [1.54, 1.807) is 0 Å². The summed E-state index contributed by atoms with van der Waals surface area (Å²) in [6.07, 6.45) is 10.2. The molecular weight excluding hydrogens is 320 g/mol. The molecule has 0 aromatic heterocycles. The fourth-order valence-corrected chi connectivity index (χ4v) is 4.60. The zero-order valence-electron chi connectivity index (χ0n) is 16.1. The molecule has 5 unspecified atom stereocenters. The Kier molecular flexibility index (Phi) is 6.68. The monoisotopic (exact) mass is 354 g/mol. The second-order valence-electron chi connectivity index (χ2n) is 7.94. The molecule has 0 amide bonds. The Hall–Kier alpha value is -1.42. The smallest absolute Gasteiger partial charge is 0.115 e. The molecule has 3 nitrogen and oxygen atoms in total. The van der Waals surface area contributed by atoms with Crippen LogP contribution in [0.15, 0.2) is 54.1 Å². The number of nitrogens with one attached hydrogen (secondary N) is 1. The predicted molar refractivity (Wildman–Crippen MR) is 109 cm³/mol. The van der Waals surface area contributed by atoms with Gasteiger partial charge in [0.25, 0.3) is 0 Å². The van der Waals surface area contributed by atoms with Crippen molar-refractivity contribution in [1.29, 1.82) is 0 Å². The summed E-state index contributed by atoms with van der Waals surface area (Å²) in [5.41, 5.74) is 8.41. The van der Waals surface area contributed by atoms with E-state index in [0.717, 1.165) is 31.2 Å². The van der Waals surface area contributed by atoms with Crippen LogP contribution in [0.3, 0.4) is 0 Å². The maximum Gasteiger partial charge on any atom is 0.115 e. The van der Waals surface area contributed by atoms with Crippen molar-refractivity contribution < 1.29 is 5.11 Å². The summed E-state index contributed by atoms with van der Waals surface area (Å²) in [5, 5.41) is 12.7. The van der Waals surface area contributed by atoms with Crippen LogP contribution in [0.2, 0.25) is 0 Å². The van der Waals surface area contributed by atoms with E-state index in [1.165, 1.54) is 17.6 Å². The molecule has 1 fully saturated rings. The highest BCUT2D eigenvalue weighted by Gasteiger charge is 2.38. The summed E-state index contributed by atoms with van der Waals surface area (Å²) in [7, 11) is 0. The van der Waals surface area contributed by atoms with E-state index in [0.29, 0.717) is 24.3 Å². The molecule has 1 aromatic rings. The summed E-state index contributed by atoms with van der Waals surface area (Å²) in [6, 6.07) is 11.0. The van der Waals surface area contributed by atoms with Crippen molar-refractivity contribution in [2.75, 3.05) is 13.1 Å². The SMILES string of the molecule is CCC(CNCC(N)O)[C@@H](CC)C(C1=CC2CC2C=C1)c1ccccc1. The van der Waals surface area contributed by atoms with Gasteiger partial charge in [0.1, 0.15) is 6.23 Å². The van der Waals surface area contributed by atoms with Gasteiger partial charge >= 0.3 is 0 Å². The van der Waals surface area contributed by atoms with Crippen molar-refractivity contribution in [2.24, 2.45) is 29.4 Å². The molecule has 3 heteroatoms. The van der Waals surface area contributed by atoms with E-state index in [-0.39, 0.29) is 0 Å². The van der Waals surface area contributed by atoms with Crippen molar-refractivity contribution in [3.05, 3.63) is 59.7 Å². The molecule has 0 spiro atoms. The van der Waals surface area contributed by atoms with E-state index in [9.17, 15) is 5.11 Å². The third kappa shape index (κ3) is 4.64. The first-order valence-electron chi connectivity index (χ1n) is 10.2. The molecule has 0 aliphatic heterocycles. The minimum Gasteiger partial charge on any atom is -0.377 e. The molecule has 26 heavy (non-hydrogen) atoms. The second-order valence-corrected chi connectivity index (χ2v) is 7.94. The van der Waals surface area contributed by atoms with Crippen LogP contribution in [0.4, 0.5) is 0 Å². The van der Waals surface area contributed by atoms with Crippen molar-refractivity contribution in [1.82, 2.24) is 5.32 Å². The average molecular weight is 355 g/mol. The lowest BCUT2D eigenvalue weighted by Crippen LogP contribution is -2.38. The normalized spacial score (nSPS) is 25.8. The molecule has 4 N–H and O–H groups in total. The van der Waals surface area contributed by atoms with Crippen molar-refractivity contribution in [3.63, 3.8) is 0 Å². The molecule has 2 aliphatic carbocycles. The number of aliphatic hydroxyl groups is 1. The maximum atomic E-state index is 9.36. The highest BCUT2D eigenvalue weighted by atomic mass is 16.3. The van der Waals surface area contributed by atoms with Crippen LogP contribution in [-0.4, -0.2) is 24.4 Å². The molecule has 2 aliphatic rings. The van der Waals surface area contributed by atoms with Gasteiger partial charge in [-0.05, 0) is 47.8 Å². The third-order valence-corrected chi connectivity index (χ3v) is 6.14. The Morgan fingerprint density at radius 2 is 1.88 bits per heavy atom. The summed E-state index contributed by atoms with van der Waals surface area (Å²) in [4.78, 5) is 0. The van der Waals surface area contributed by atoms with Crippen LogP contribution in [0.25, 0.3) is 0 Å². The number of hydrogen-bond acceptors (Lipinski definition) is 3. The van der Waals surface area contributed by atoms with Gasteiger partial charge < -0.3 is 16.2 Å². The van der Waals surface area contributed by atoms with Crippen LogP contribution >= 0.6 is 0 Å². The number of rotatable bonds is 10. The van der Waals surface area contributed by atoms with Crippen molar-refractivity contribution in [3.8, 4) is 0 Å². The Labute approximate surface area is 158 Å². The quantitative estimate of drug-likeness (QED) is 0.560. The Morgan fingerprint density at radius 1 is 1.12 bits per heavy atom. The first-order valence-corrected chi connectivity index (χ1v) is 10.2. The Balaban J connectivity index is 1.84. The van der Waals surface area contributed by atoms with Gasteiger partial charge in [0, 0.05) is 12.5 Å². The fourth-order valence-electron chi connectivity index (χ4n) is 4.60. The predicted octanol–water partition coefficient (Wildman–Crippen LogP) is 3.82. The first kappa shape index (κ1) is 19.3. The maximum absolute atomic E-state index is 9.36. The Morgan fingerprint density at radius 3 is 2.50 bits per heavy atom. The number of allylic oxidation sites excluding steroid dienone is 4. The average Bonchev–Trinajstić information content (AvgIpc) is 3.43. The zero-order valence-corrected chi connectivity index (χ0v) is 16.1. The van der Waals surface area contributed by atoms with Gasteiger partial charge in [-0.25, -0.2) is 0 Å². The number of hydrogen-bond donors (Lipinski definition) is 3. The lowest BCUT2D eigenvalue weighted by Gasteiger charge is -2.35. The van der Waals surface area contributed by atoms with Crippen molar-refractivity contribution >= 4 is 0 Å². The van der Waals surface area contributed by atoms with Gasteiger partial charge in [-0.2, -0.15) is 0 Å². The summed E-state index contributed by atoms with van der Waals surface area (Å²) in [5.74, 6) is 3.12. The molecule has 142 valence electrons. The molecular formula is C23H34N2O. The molecule has 1 saturated carbocycles. The third-order valence-electron chi connectivity index (χ3n) is 6.14. The lowest BCUT2D eigenvalue weighted by atomic mass is 9.71. The molecule has 6 atom stereocenters. The highest BCUT2D eigenvalue weighted by Crippen LogP contribution is 2.49. The molecule has 0 bridgehead atoms. The van der Waals surface area contributed by atoms with Crippen LogP contribution < -0.4 is 11.1 Å². The van der Waals surface area contributed by atoms with E-state index in [2.05, 4.69) is 67.7 Å². The van der Waals surface area contributed by atoms with Gasteiger partial charge in [-0.15, -0.1) is 0 Å². The minimum absolute atomic E-state index is 0.438. The molecule has 0 radical (unpaired) electrons. The summed E-state index contributed by atoms with van der Waals surface area (Å²) < 4.78 is 0. The Bertz CT molecular complexity index is 622. The van der Waals surface area contributed by atoms with Gasteiger partial charge in [0.05, 0.1) is 0 Å². The first-order chi connectivity index (χ1) is 12.6. The number of fused-ring (bicyclic) bond motifs is 1. The van der Waals surface area contributed by atoms with Crippen LogP contribution in [-0.2, 0) is 0 Å². The summed E-state index contributed by atoms with van der Waals surface area (Å²) >= 11 is 0. The van der Waals surface area contributed by atoms with Gasteiger partial charge in [-0.1, -0.05) is 75.2 Å². The highest BCUT2D eigenvalue weighted by molar-refractivity contribution is 5.41. The van der Waals surface area contributed by atoms with Crippen LogP contribution in [0, 0.1) is 23.7 Å². The van der Waals surface area contributed by atoms with Crippen LogP contribution in [0.1, 0.15) is 44.6 Å². The van der Waals surface area contributed by atoms with Crippen molar-refractivity contribution in [2.45, 2.75) is 45.3 Å².